The second-order valence-electron chi connectivity index (χ2n) is 10.5. The van der Waals surface area contributed by atoms with Gasteiger partial charge in [0, 0.05) is 42.0 Å². The van der Waals surface area contributed by atoms with Crippen molar-refractivity contribution in [3.8, 4) is 22.5 Å². The normalized spacial score (nSPS) is 17.3. The number of nitrogens with one attached hydrogen (secondary N) is 2. The van der Waals surface area contributed by atoms with E-state index in [0.29, 0.717) is 40.8 Å². The Hall–Kier alpha value is -4.94. The lowest BCUT2D eigenvalue weighted by atomic mass is 10.00. The molecule has 0 saturated carbocycles. The number of benzene rings is 1. The van der Waals surface area contributed by atoms with Gasteiger partial charge in [0.2, 0.25) is 5.95 Å². The number of aryl methyl sites for hydroxylation is 1. The van der Waals surface area contributed by atoms with Gasteiger partial charge < -0.3 is 24.5 Å². The maximum atomic E-state index is 14.1. The number of aromatic nitrogens is 5. The van der Waals surface area contributed by atoms with Crippen LogP contribution in [0.5, 0.6) is 0 Å². The van der Waals surface area contributed by atoms with E-state index in [2.05, 4.69) is 30.4 Å². The van der Waals surface area contributed by atoms with E-state index in [1.807, 2.05) is 37.3 Å². The van der Waals surface area contributed by atoms with Crippen LogP contribution in [0.2, 0.25) is 0 Å². The molecular formula is C30H28F3N7O3. The van der Waals surface area contributed by atoms with Crippen molar-refractivity contribution in [2.75, 3.05) is 11.9 Å². The lowest BCUT2D eigenvalue weighted by Gasteiger charge is -2.37. The van der Waals surface area contributed by atoms with E-state index in [9.17, 15) is 18.0 Å². The molecule has 1 aromatic carbocycles. The van der Waals surface area contributed by atoms with Crippen molar-refractivity contribution in [3.05, 3.63) is 77.9 Å². The largest absolute Gasteiger partial charge is 0.445 e. The third-order valence-electron chi connectivity index (χ3n) is 7.57. The number of anilines is 1. The van der Waals surface area contributed by atoms with Gasteiger partial charge in [-0.2, -0.15) is 13.2 Å². The number of hydrogen-bond acceptors (Lipinski definition) is 8. The summed E-state index contributed by atoms with van der Waals surface area (Å²) in [4.78, 5) is 30.3. The van der Waals surface area contributed by atoms with Crippen LogP contribution >= 0.6 is 0 Å². The van der Waals surface area contributed by atoms with Crippen LogP contribution in [0.15, 0.2) is 65.6 Å². The molecule has 13 heteroatoms. The zero-order chi connectivity index (χ0) is 30.1. The Bertz CT molecular complexity index is 1750. The third kappa shape index (κ3) is 5.87. The van der Waals surface area contributed by atoms with Gasteiger partial charge in [-0.1, -0.05) is 35.5 Å². The molecule has 43 heavy (non-hydrogen) atoms. The van der Waals surface area contributed by atoms with E-state index in [1.54, 1.807) is 24.0 Å². The molecule has 1 fully saturated rings. The summed E-state index contributed by atoms with van der Waals surface area (Å²) in [5, 5.41) is 7.46. The van der Waals surface area contributed by atoms with E-state index in [-0.39, 0.29) is 42.4 Å². The maximum Gasteiger partial charge on any atom is 0.419 e. The Morgan fingerprint density at radius 3 is 2.70 bits per heavy atom. The second kappa shape index (κ2) is 11.4. The summed E-state index contributed by atoms with van der Waals surface area (Å²) in [6.45, 7) is 4.14. The monoisotopic (exact) mass is 591 g/mol. The van der Waals surface area contributed by atoms with E-state index in [0.717, 1.165) is 11.8 Å². The predicted molar refractivity (Wildman–Crippen MR) is 152 cm³/mol. The Morgan fingerprint density at radius 1 is 1.14 bits per heavy atom. The minimum absolute atomic E-state index is 0.0270. The highest BCUT2D eigenvalue weighted by molar-refractivity contribution is 5.94. The van der Waals surface area contributed by atoms with Gasteiger partial charge in [-0.05, 0) is 44.4 Å². The van der Waals surface area contributed by atoms with E-state index in [1.165, 1.54) is 12.5 Å². The van der Waals surface area contributed by atoms with Gasteiger partial charge in [-0.3, -0.25) is 0 Å². The molecule has 0 unspecified atom stereocenters. The summed E-state index contributed by atoms with van der Waals surface area (Å²) in [6, 6.07) is 12.4. The molecule has 1 amide bonds. The molecule has 2 N–H and O–H groups in total. The van der Waals surface area contributed by atoms with Gasteiger partial charge in [0.15, 0.2) is 0 Å². The third-order valence-corrected chi connectivity index (χ3v) is 7.57. The summed E-state index contributed by atoms with van der Waals surface area (Å²) in [5.74, 6) is 0.0270. The average molecular weight is 592 g/mol. The highest BCUT2D eigenvalue weighted by Crippen LogP contribution is 2.39. The number of pyridine rings is 1. The molecule has 0 radical (unpaired) electrons. The lowest BCUT2D eigenvalue weighted by Crippen LogP contribution is -2.50. The van der Waals surface area contributed by atoms with E-state index >= 15 is 0 Å². The first-order valence-corrected chi connectivity index (χ1v) is 13.8. The molecule has 1 aliphatic heterocycles. The van der Waals surface area contributed by atoms with Gasteiger partial charge in [0.05, 0.1) is 22.6 Å². The SMILES string of the molecule is Cc1nocc1-c1ccc2c(-c3nc(N[C@@H]4CC[C@@H](C)N(C(=O)OCc5ccccc5)C4)ncc3C(F)(F)F)c[nH]c2n1. The van der Waals surface area contributed by atoms with E-state index in [4.69, 9.17) is 9.26 Å². The average Bonchev–Trinajstić information content (AvgIpc) is 3.62. The standard InChI is InChI=1S/C30H28F3N7O3/c1-17-8-9-20(14-40(17)29(41)42-15-19-6-4-3-5-7-19)36-28-35-13-24(30(31,32)33)26(38-28)22-12-34-27-21(22)10-11-25(37-27)23-16-43-39-18(23)2/h3-7,10-13,16-17,20H,8-9,14-15H2,1-2H3,(H,34,37)(H,35,36,38)/t17-,20-/m1/s1. The number of H-pyrrole nitrogens is 1. The molecule has 0 aliphatic carbocycles. The van der Waals surface area contributed by atoms with Gasteiger partial charge in [0.1, 0.15) is 24.1 Å². The summed E-state index contributed by atoms with van der Waals surface area (Å²) in [7, 11) is 0. The number of fused-ring (bicyclic) bond motifs is 1. The fourth-order valence-electron chi connectivity index (χ4n) is 5.22. The fourth-order valence-corrected chi connectivity index (χ4v) is 5.22. The number of alkyl halides is 3. The number of nitrogens with zero attached hydrogens (tertiary/aromatic N) is 5. The minimum atomic E-state index is -4.69. The summed E-state index contributed by atoms with van der Waals surface area (Å²) < 4.78 is 52.8. The number of amides is 1. The number of carbonyl (C=O) groups excluding carboxylic acids is 1. The van der Waals surface area contributed by atoms with Crippen molar-refractivity contribution in [2.45, 2.75) is 51.6 Å². The molecule has 222 valence electrons. The van der Waals surface area contributed by atoms with Crippen LogP contribution in [0.1, 0.15) is 36.6 Å². The van der Waals surface area contributed by atoms with Crippen LogP contribution in [0.4, 0.5) is 23.9 Å². The smallest absolute Gasteiger partial charge is 0.419 e. The molecular weight excluding hydrogens is 563 g/mol. The van der Waals surface area contributed by atoms with Gasteiger partial charge in [-0.25, -0.2) is 19.7 Å². The molecule has 1 aliphatic rings. The predicted octanol–water partition coefficient (Wildman–Crippen LogP) is 6.60. The molecule has 5 heterocycles. The van der Waals surface area contributed by atoms with Crippen molar-refractivity contribution in [1.29, 1.82) is 0 Å². The van der Waals surface area contributed by atoms with Crippen molar-refractivity contribution in [1.82, 2.24) is 30.0 Å². The number of likely N-dealkylation sites (tertiary alicyclic amines) is 1. The first-order valence-electron chi connectivity index (χ1n) is 13.8. The van der Waals surface area contributed by atoms with Gasteiger partial charge in [-0.15, -0.1) is 0 Å². The van der Waals surface area contributed by atoms with Crippen LogP contribution in [0.3, 0.4) is 0 Å². The molecule has 6 rings (SSSR count). The Balaban J connectivity index is 1.24. The zero-order valence-corrected chi connectivity index (χ0v) is 23.4. The lowest BCUT2D eigenvalue weighted by molar-refractivity contribution is -0.137. The first-order chi connectivity index (χ1) is 20.7. The molecule has 10 nitrogen and oxygen atoms in total. The fraction of sp³-hybridized carbons (Fsp3) is 0.300. The highest BCUT2D eigenvalue weighted by Gasteiger charge is 2.37. The maximum absolute atomic E-state index is 14.1. The number of rotatable bonds is 6. The van der Waals surface area contributed by atoms with Crippen molar-refractivity contribution >= 4 is 23.1 Å². The highest BCUT2D eigenvalue weighted by atomic mass is 19.4. The van der Waals surface area contributed by atoms with Crippen molar-refractivity contribution in [3.63, 3.8) is 0 Å². The summed E-state index contributed by atoms with van der Waals surface area (Å²) in [6.07, 6.45) is -0.0977. The Kier molecular flexibility index (Phi) is 7.46. The number of hydrogen-bond donors (Lipinski definition) is 2. The Labute approximate surface area is 244 Å². The number of aromatic amines is 1. The van der Waals surface area contributed by atoms with Crippen LogP contribution in [-0.2, 0) is 17.5 Å². The van der Waals surface area contributed by atoms with Crippen LogP contribution in [0.25, 0.3) is 33.5 Å². The molecule has 0 spiro atoms. The number of carbonyl (C=O) groups is 1. The molecule has 0 bridgehead atoms. The molecule has 4 aromatic heterocycles. The van der Waals surface area contributed by atoms with Gasteiger partial charge >= 0.3 is 12.3 Å². The Morgan fingerprint density at radius 2 is 1.95 bits per heavy atom. The quantitative estimate of drug-likeness (QED) is 0.226. The summed E-state index contributed by atoms with van der Waals surface area (Å²) >= 11 is 0. The van der Waals surface area contributed by atoms with Gasteiger partial charge in [0.25, 0.3) is 0 Å². The topological polar surface area (TPSA) is 122 Å². The second-order valence-corrected chi connectivity index (χ2v) is 10.5. The molecule has 1 saturated heterocycles. The van der Waals surface area contributed by atoms with Crippen molar-refractivity contribution in [2.24, 2.45) is 0 Å². The van der Waals surface area contributed by atoms with E-state index < -0.39 is 17.8 Å². The number of piperidine rings is 1. The molecule has 5 aromatic rings. The first kappa shape index (κ1) is 28.2. The number of halogens is 3. The zero-order valence-electron chi connectivity index (χ0n) is 23.4. The van der Waals surface area contributed by atoms with Crippen LogP contribution < -0.4 is 5.32 Å². The number of ether oxygens (including phenoxy) is 1. The van der Waals surface area contributed by atoms with Crippen molar-refractivity contribution < 1.29 is 27.2 Å². The van der Waals surface area contributed by atoms with Crippen LogP contribution in [0, 0.1) is 6.92 Å². The molecule has 2 atom stereocenters. The minimum Gasteiger partial charge on any atom is -0.445 e. The van der Waals surface area contributed by atoms with Crippen LogP contribution in [-0.4, -0.2) is 54.7 Å². The summed E-state index contributed by atoms with van der Waals surface area (Å²) in [5.41, 5.74) is 2.14.